The van der Waals surface area contributed by atoms with Gasteiger partial charge in [-0.25, -0.2) is 0 Å². The fraction of sp³-hybridized carbons (Fsp3) is 0.667. The van der Waals surface area contributed by atoms with E-state index in [1.165, 1.54) is 0 Å². The molecule has 0 aliphatic carbocycles. The summed E-state index contributed by atoms with van der Waals surface area (Å²) in [6, 6.07) is 0. The van der Waals surface area contributed by atoms with Gasteiger partial charge in [-0.3, -0.25) is 9.59 Å². The minimum atomic E-state index is -1.69. The number of ketones is 1. The maximum atomic E-state index is 10.8. The molecular weight excluding hydrogens is 146 g/mol. The highest BCUT2D eigenvalue weighted by Crippen LogP contribution is 2.00. The van der Waals surface area contributed by atoms with Crippen molar-refractivity contribution < 1.29 is 9.59 Å². The van der Waals surface area contributed by atoms with Crippen LogP contribution in [0.15, 0.2) is 0 Å². The van der Waals surface area contributed by atoms with E-state index in [2.05, 4.69) is 0 Å². The predicted octanol–water partition coefficient (Wildman–Crippen LogP) is -1.55. The van der Waals surface area contributed by atoms with Crippen LogP contribution in [0, 0.1) is 0 Å². The highest BCUT2D eigenvalue weighted by Gasteiger charge is 2.28. The van der Waals surface area contributed by atoms with E-state index in [-0.39, 0.29) is 12.2 Å². The summed E-state index contributed by atoms with van der Waals surface area (Å²) in [5.74, 6) is -1.03. The first-order valence-corrected chi connectivity index (χ1v) is 3.29. The van der Waals surface area contributed by atoms with E-state index in [0.29, 0.717) is 6.42 Å². The van der Waals surface area contributed by atoms with E-state index >= 15 is 0 Å². The van der Waals surface area contributed by atoms with Gasteiger partial charge in [0.05, 0.1) is 0 Å². The minimum absolute atomic E-state index is 0.172. The summed E-state index contributed by atoms with van der Waals surface area (Å²) in [5, 5.41) is 0. The van der Waals surface area contributed by atoms with Crippen molar-refractivity contribution in [2.24, 2.45) is 17.2 Å². The maximum Gasteiger partial charge on any atom is 0.252 e. The van der Waals surface area contributed by atoms with Crippen LogP contribution in [-0.2, 0) is 9.59 Å². The van der Waals surface area contributed by atoms with Crippen molar-refractivity contribution in [1.82, 2.24) is 0 Å². The Balaban J connectivity index is 4.12. The van der Waals surface area contributed by atoms with Gasteiger partial charge in [0.2, 0.25) is 0 Å². The van der Waals surface area contributed by atoms with Crippen molar-refractivity contribution in [3.05, 3.63) is 0 Å². The average molecular weight is 159 g/mol. The monoisotopic (exact) mass is 159 g/mol. The molecule has 0 unspecified atom stereocenters. The lowest BCUT2D eigenvalue weighted by atomic mass is 10.0. The lowest BCUT2D eigenvalue weighted by Gasteiger charge is -2.18. The number of hydrogen-bond donors (Lipinski definition) is 3. The van der Waals surface area contributed by atoms with Crippen molar-refractivity contribution in [2.45, 2.75) is 25.4 Å². The van der Waals surface area contributed by atoms with Crippen LogP contribution in [0.2, 0.25) is 0 Å². The maximum absolute atomic E-state index is 10.8. The Kier molecular flexibility index (Phi) is 3.16. The van der Waals surface area contributed by atoms with Crippen molar-refractivity contribution in [3.8, 4) is 0 Å². The largest absolute Gasteiger partial charge is 0.367 e. The SMILES string of the molecule is CCC(=O)CC(N)(N)C(N)=O. The fourth-order valence-corrected chi connectivity index (χ4v) is 0.538. The zero-order chi connectivity index (χ0) is 9.07. The normalized spacial score (nSPS) is 11.2. The molecule has 0 radical (unpaired) electrons. The summed E-state index contributed by atoms with van der Waals surface area (Å²) < 4.78 is 0. The number of rotatable bonds is 4. The van der Waals surface area contributed by atoms with E-state index < -0.39 is 11.6 Å². The number of Topliss-reactive ketones (excluding diaryl/α,β-unsaturated/α-hetero) is 1. The van der Waals surface area contributed by atoms with Crippen LogP contribution in [0.5, 0.6) is 0 Å². The van der Waals surface area contributed by atoms with Gasteiger partial charge >= 0.3 is 0 Å². The Bertz CT molecular complexity index is 177. The molecule has 0 saturated heterocycles. The molecule has 64 valence electrons. The number of hydrogen-bond acceptors (Lipinski definition) is 4. The Hall–Kier alpha value is -0.940. The molecule has 0 saturated carbocycles. The fourth-order valence-electron chi connectivity index (χ4n) is 0.538. The van der Waals surface area contributed by atoms with Crippen molar-refractivity contribution in [2.75, 3.05) is 0 Å². The topological polar surface area (TPSA) is 112 Å². The summed E-state index contributed by atoms with van der Waals surface area (Å²) in [6.07, 6.45) is 0.113. The first-order chi connectivity index (χ1) is 4.90. The Labute approximate surface area is 64.9 Å². The van der Waals surface area contributed by atoms with E-state index in [4.69, 9.17) is 17.2 Å². The zero-order valence-electron chi connectivity index (χ0n) is 6.46. The molecule has 6 N–H and O–H groups in total. The standard InChI is InChI=1S/C6H13N3O2/c1-2-4(10)3-6(8,9)5(7)11/h2-3,8-9H2,1H3,(H2,7,11). The highest BCUT2D eigenvalue weighted by molar-refractivity contribution is 5.90. The summed E-state index contributed by atoms with van der Waals surface area (Å²) in [4.78, 5) is 21.3. The van der Waals surface area contributed by atoms with Crippen LogP contribution in [0.3, 0.4) is 0 Å². The third kappa shape index (κ3) is 3.10. The molecule has 1 amide bonds. The molecule has 0 fully saturated rings. The molecule has 0 aromatic rings. The van der Waals surface area contributed by atoms with Crippen LogP contribution in [0.25, 0.3) is 0 Å². The minimum Gasteiger partial charge on any atom is -0.367 e. The molecule has 0 bridgehead atoms. The smallest absolute Gasteiger partial charge is 0.252 e. The molecule has 5 heteroatoms. The highest BCUT2D eigenvalue weighted by atomic mass is 16.2. The van der Waals surface area contributed by atoms with Gasteiger partial charge in [-0.05, 0) is 0 Å². The van der Waals surface area contributed by atoms with Crippen LogP contribution in [0.4, 0.5) is 0 Å². The average Bonchev–Trinajstić information content (AvgIpc) is 1.86. The third-order valence-corrected chi connectivity index (χ3v) is 1.34. The van der Waals surface area contributed by atoms with Gasteiger partial charge in [0.1, 0.15) is 5.78 Å². The van der Waals surface area contributed by atoms with Gasteiger partial charge in [0, 0.05) is 12.8 Å². The molecular formula is C6H13N3O2. The second-order valence-electron chi connectivity index (χ2n) is 2.47. The number of carbonyl (C=O) groups is 2. The van der Waals surface area contributed by atoms with Crippen molar-refractivity contribution >= 4 is 11.7 Å². The van der Waals surface area contributed by atoms with Gasteiger partial charge in [0.15, 0.2) is 5.66 Å². The second kappa shape index (κ2) is 3.45. The molecule has 0 heterocycles. The molecule has 0 aliphatic heterocycles. The van der Waals surface area contributed by atoms with Crippen LogP contribution in [0.1, 0.15) is 19.8 Å². The molecule has 0 rings (SSSR count). The van der Waals surface area contributed by atoms with E-state index in [0.717, 1.165) is 0 Å². The third-order valence-electron chi connectivity index (χ3n) is 1.34. The van der Waals surface area contributed by atoms with E-state index in [9.17, 15) is 9.59 Å². The first kappa shape index (κ1) is 10.1. The Morgan fingerprint density at radius 1 is 1.36 bits per heavy atom. The Morgan fingerprint density at radius 2 is 1.82 bits per heavy atom. The summed E-state index contributed by atoms with van der Waals surface area (Å²) in [7, 11) is 0. The van der Waals surface area contributed by atoms with Gasteiger partial charge < -0.3 is 17.2 Å². The number of primary amides is 1. The van der Waals surface area contributed by atoms with E-state index in [1.807, 2.05) is 0 Å². The zero-order valence-corrected chi connectivity index (χ0v) is 6.46. The summed E-state index contributed by atoms with van der Waals surface area (Å²) >= 11 is 0. The molecule has 0 aromatic heterocycles. The van der Waals surface area contributed by atoms with Crippen LogP contribution in [-0.4, -0.2) is 17.4 Å². The van der Waals surface area contributed by atoms with Gasteiger partial charge in [0.25, 0.3) is 5.91 Å². The molecule has 0 atom stereocenters. The number of nitrogens with two attached hydrogens (primary N) is 3. The molecule has 0 aromatic carbocycles. The first-order valence-electron chi connectivity index (χ1n) is 3.29. The molecule has 0 spiro atoms. The van der Waals surface area contributed by atoms with Gasteiger partial charge in [-0.2, -0.15) is 0 Å². The predicted molar refractivity (Wildman–Crippen MR) is 40.2 cm³/mol. The quantitative estimate of drug-likeness (QED) is 0.431. The van der Waals surface area contributed by atoms with E-state index in [1.54, 1.807) is 6.92 Å². The van der Waals surface area contributed by atoms with Crippen molar-refractivity contribution in [1.29, 1.82) is 0 Å². The lowest BCUT2D eigenvalue weighted by molar-refractivity contribution is -0.128. The van der Waals surface area contributed by atoms with Crippen LogP contribution >= 0.6 is 0 Å². The number of carbonyl (C=O) groups excluding carboxylic acids is 2. The molecule has 5 nitrogen and oxygen atoms in total. The van der Waals surface area contributed by atoms with Gasteiger partial charge in [-0.15, -0.1) is 0 Å². The van der Waals surface area contributed by atoms with Crippen molar-refractivity contribution in [3.63, 3.8) is 0 Å². The lowest BCUT2D eigenvalue weighted by Crippen LogP contribution is -2.60. The molecule has 11 heavy (non-hydrogen) atoms. The summed E-state index contributed by atoms with van der Waals surface area (Å²) in [5.41, 5.74) is 13.6. The van der Waals surface area contributed by atoms with Crippen LogP contribution < -0.4 is 17.2 Å². The summed E-state index contributed by atoms with van der Waals surface area (Å²) in [6.45, 7) is 1.67. The molecule has 0 aliphatic rings. The Morgan fingerprint density at radius 3 is 2.09 bits per heavy atom. The van der Waals surface area contributed by atoms with Gasteiger partial charge in [-0.1, -0.05) is 6.92 Å². The number of amides is 1. The second-order valence-corrected chi connectivity index (χ2v) is 2.47.